The summed E-state index contributed by atoms with van der Waals surface area (Å²) < 4.78 is 0. The van der Waals surface area contributed by atoms with E-state index in [0.29, 0.717) is 0 Å². The quantitative estimate of drug-likeness (QED) is 0.887. The van der Waals surface area contributed by atoms with Crippen molar-refractivity contribution in [3.05, 3.63) is 35.9 Å². The van der Waals surface area contributed by atoms with E-state index in [1.54, 1.807) is 0 Å². The maximum absolute atomic E-state index is 11.2. The van der Waals surface area contributed by atoms with E-state index in [1.807, 2.05) is 6.07 Å². The molecular formula is C16H22N2O2. The van der Waals surface area contributed by atoms with Crippen LogP contribution >= 0.6 is 0 Å². The molecule has 20 heavy (non-hydrogen) atoms. The summed E-state index contributed by atoms with van der Waals surface area (Å²) in [5.41, 5.74) is 0.937. The van der Waals surface area contributed by atoms with Crippen LogP contribution in [0.25, 0.3) is 0 Å². The number of carbonyl (C=O) groups is 1. The van der Waals surface area contributed by atoms with Crippen molar-refractivity contribution >= 4 is 5.97 Å². The van der Waals surface area contributed by atoms with Gasteiger partial charge in [-0.1, -0.05) is 30.3 Å². The third-order valence-corrected chi connectivity index (χ3v) is 4.55. The minimum atomic E-state index is -0.607. The van der Waals surface area contributed by atoms with Crippen LogP contribution in [0.1, 0.15) is 18.4 Å². The van der Waals surface area contributed by atoms with Crippen LogP contribution in [-0.4, -0.2) is 53.6 Å². The van der Waals surface area contributed by atoms with Crippen molar-refractivity contribution in [2.45, 2.75) is 19.4 Å². The van der Waals surface area contributed by atoms with Crippen molar-refractivity contribution in [2.24, 2.45) is 5.41 Å². The van der Waals surface area contributed by atoms with Crippen molar-refractivity contribution in [3.8, 4) is 0 Å². The third kappa shape index (κ3) is 3.02. The van der Waals surface area contributed by atoms with Crippen LogP contribution in [0.4, 0.5) is 0 Å². The molecule has 1 aromatic rings. The molecule has 3 rings (SSSR count). The van der Waals surface area contributed by atoms with Crippen LogP contribution < -0.4 is 0 Å². The molecule has 0 amide bonds. The van der Waals surface area contributed by atoms with Crippen molar-refractivity contribution in [3.63, 3.8) is 0 Å². The van der Waals surface area contributed by atoms with Gasteiger partial charge in [-0.3, -0.25) is 14.6 Å². The van der Waals surface area contributed by atoms with Gasteiger partial charge in [0, 0.05) is 39.3 Å². The third-order valence-electron chi connectivity index (χ3n) is 4.55. The predicted octanol–water partition coefficient (Wildman–Crippen LogP) is 1.67. The van der Waals surface area contributed by atoms with Crippen molar-refractivity contribution in [1.82, 2.24) is 9.80 Å². The molecule has 1 aliphatic carbocycles. The molecule has 1 aromatic carbocycles. The van der Waals surface area contributed by atoms with Gasteiger partial charge in [-0.15, -0.1) is 0 Å². The first-order valence-corrected chi connectivity index (χ1v) is 7.40. The van der Waals surface area contributed by atoms with Crippen LogP contribution in [0.3, 0.4) is 0 Å². The summed E-state index contributed by atoms with van der Waals surface area (Å²) in [5, 5.41) is 9.24. The lowest BCUT2D eigenvalue weighted by Gasteiger charge is -2.36. The molecule has 0 atom stereocenters. The first-order valence-electron chi connectivity index (χ1n) is 7.40. The molecule has 4 heteroatoms. The molecule has 0 radical (unpaired) electrons. The number of piperazine rings is 1. The summed E-state index contributed by atoms with van der Waals surface area (Å²) in [7, 11) is 0. The van der Waals surface area contributed by atoms with Crippen molar-refractivity contribution < 1.29 is 9.90 Å². The largest absolute Gasteiger partial charge is 0.481 e. The zero-order chi connectivity index (χ0) is 14.0. The standard InChI is InChI=1S/C16H22N2O2/c19-15(20)16(6-7-16)13-18-10-8-17(9-11-18)12-14-4-2-1-3-5-14/h1-5H,6-13H2,(H,19,20). The van der Waals surface area contributed by atoms with Crippen molar-refractivity contribution in [2.75, 3.05) is 32.7 Å². The maximum Gasteiger partial charge on any atom is 0.310 e. The smallest absolute Gasteiger partial charge is 0.310 e. The van der Waals surface area contributed by atoms with Gasteiger partial charge >= 0.3 is 5.97 Å². The van der Waals surface area contributed by atoms with Crippen molar-refractivity contribution in [1.29, 1.82) is 0 Å². The number of rotatable bonds is 5. The highest BCUT2D eigenvalue weighted by Gasteiger charge is 2.51. The van der Waals surface area contributed by atoms with Gasteiger partial charge in [0.1, 0.15) is 0 Å². The lowest BCUT2D eigenvalue weighted by atomic mass is 10.1. The maximum atomic E-state index is 11.2. The number of benzene rings is 1. The van der Waals surface area contributed by atoms with E-state index in [-0.39, 0.29) is 0 Å². The molecule has 0 bridgehead atoms. The predicted molar refractivity (Wildman–Crippen MR) is 77.5 cm³/mol. The first-order chi connectivity index (χ1) is 9.68. The Labute approximate surface area is 120 Å². The molecule has 1 N–H and O–H groups in total. The minimum absolute atomic E-state index is 0.415. The van der Waals surface area contributed by atoms with E-state index >= 15 is 0 Å². The van der Waals surface area contributed by atoms with E-state index in [1.165, 1.54) is 5.56 Å². The second-order valence-corrected chi connectivity index (χ2v) is 6.12. The molecule has 1 saturated heterocycles. The fourth-order valence-corrected chi connectivity index (χ4v) is 2.97. The molecule has 2 aliphatic rings. The lowest BCUT2D eigenvalue weighted by molar-refractivity contribution is -0.144. The fraction of sp³-hybridized carbons (Fsp3) is 0.562. The number of hydrogen-bond donors (Lipinski definition) is 1. The Morgan fingerprint density at radius 3 is 2.20 bits per heavy atom. The summed E-state index contributed by atoms with van der Waals surface area (Å²) in [6.07, 6.45) is 1.71. The lowest BCUT2D eigenvalue weighted by Crippen LogP contribution is -2.48. The normalized spacial score (nSPS) is 22.6. The number of nitrogens with zero attached hydrogens (tertiary/aromatic N) is 2. The zero-order valence-electron chi connectivity index (χ0n) is 11.8. The molecule has 4 nitrogen and oxygen atoms in total. The van der Waals surface area contributed by atoms with Crippen LogP contribution in [0.2, 0.25) is 0 Å². The van der Waals surface area contributed by atoms with Gasteiger partial charge in [0.05, 0.1) is 5.41 Å². The average Bonchev–Trinajstić information content (AvgIpc) is 3.23. The second-order valence-electron chi connectivity index (χ2n) is 6.12. The van der Waals surface area contributed by atoms with Crippen LogP contribution in [-0.2, 0) is 11.3 Å². The Bertz CT molecular complexity index is 463. The summed E-state index contributed by atoms with van der Waals surface area (Å²) in [6, 6.07) is 10.5. The summed E-state index contributed by atoms with van der Waals surface area (Å²) in [4.78, 5) is 16.0. The van der Waals surface area contributed by atoms with E-state index in [4.69, 9.17) is 0 Å². The Balaban J connectivity index is 1.47. The van der Waals surface area contributed by atoms with E-state index in [0.717, 1.165) is 52.1 Å². The Morgan fingerprint density at radius 2 is 1.65 bits per heavy atom. The molecule has 108 valence electrons. The van der Waals surface area contributed by atoms with Crippen LogP contribution in [0, 0.1) is 5.41 Å². The second kappa shape index (κ2) is 5.54. The minimum Gasteiger partial charge on any atom is -0.481 e. The van der Waals surface area contributed by atoms with Gasteiger partial charge in [-0.05, 0) is 18.4 Å². The van der Waals surface area contributed by atoms with E-state index in [9.17, 15) is 9.90 Å². The SMILES string of the molecule is O=C(O)C1(CN2CCN(Cc3ccccc3)CC2)CC1. The zero-order valence-corrected chi connectivity index (χ0v) is 11.8. The molecule has 0 aromatic heterocycles. The highest BCUT2D eigenvalue weighted by atomic mass is 16.4. The van der Waals surface area contributed by atoms with Gasteiger partial charge in [0.2, 0.25) is 0 Å². The molecular weight excluding hydrogens is 252 g/mol. The van der Waals surface area contributed by atoms with Crippen LogP contribution in [0.15, 0.2) is 30.3 Å². The highest BCUT2D eigenvalue weighted by molar-refractivity contribution is 5.78. The number of carboxylic acid groups (broad SMARTS) is 1. The molecule has 0 spiro atoms. The Morgan fingerprint density at radius 1 is 1.05 bits per heavy atom. The molecule has 1 saturated carbocycles. The number of aliphatic carboxylic acids is 1. The van der Waals surface area contributed by atoms with Gasteiger partial charge in [-0.25, -0.2) is 0 Å². The molecule has 0 unspecified atom stereocenters. The number of hydrogen-bond acceptors (Lipinski definition) is 3. The topological polar surface area (TPSA) is 43.8 Å². The summed E-state index contributed by atoms with van der Waals surface area (Å²) in [5.74, 6) is -0.607. The Hall–Kier alpha value is -1.39. The Kier molecular flexibility index (Phi) is 3.76. The van der Waals surface area contributed by atoms with Gasteiger partial charge in [0.25, 0.3) is 0 Å². The highest BCUT2D eigenvalue weighted by Crippen LogP contribution is 2.46. The molecule has 1 aliphatic heterocycles. The molecule has 1 heterocycles. The average molecular weight is 274 g/mol. The molecule has 2 fully saturated rings. The van der Waals surface area contributed by atoms with Crippen LogP contribution in [0.5, 0.6) is 0 Å². The number of carboxylic acids is 1. The van der Waals surface area contributed by atoms with Gasteiger partial charge in [-0.2, -0.15) is 0 Å². The van der Waals surface area contributed by atoms with Gasteiger partial charge < -0.3 is 5.11 Å². The summed E-state index contributed by atoms with van der Waals surface area (Å²) >= 11 is 0. The van der Waals surface area contributed by atoms with E-state index in [2.05, 4.69) is 34.1 Å². The fourth-order valence-electron chi connectivity index (χ4n) is 2.97. The van der Waals surface area contributed by atoms with E-state index < -0.39 is 11.4 Å². The monoisotopic (exact) mass is 274 g/mol. The van der Waals surface area contributed by atoms with Gasteiger partial charge in [0.15, 0.2) is 0 Å². The first kappa shape index (κ1) is 13.6. The summed E-state index contributed by atoms with van der Waals surface area (Å²) in [6.45, 7) is 5.78.